The van der Waals surface area contributed by atoms with Crippen molar-refractivity contribution in [2.45, 2.75) is 19.3 Å². The maximum Gasteiger partial charge on any atom is 0.306 e. The summed E-state index contributed by atoms with van der Waals surface area (Å²) in [5.41, 5.74) is 1.97. The number of fused-ring (bicyclic) bond motifs is 1. The molecule has 0 saturated heterocycles. The first-order chi connectivity index (χ1) is 9.72. The molecular formula is C16H15NO3. The molecule has 1 aliphatic carbocycles. The molecule has 1 aliphatic rings. The van der Waals surface area contributed by atoms with Crippen LogP contribution in [0.3, 0.4) is 0 Å². The highest BCUT2D eigenvalue weighted by Crippen LogP contribution is 2.26. The number of aryl methyl sites for hydroxylation is 1. The van der Waals surface area contributed by atoms with Crippen molar-refractivity contribution in [2.24, 2.45) is 5.92 Å². The number of hydrogen-bond donors (Lipinski definition) is 1. The van der Waals surface area contributed by atoms with E-state index in [1.165, 1.54) is 0 Å². The van der Waals surface area contributed by atoms with Crippen LogP contribution in [0.4, 0.5) is 0 Å². The third-order valence-corrected chi connectivity index (χ3v) is 3.52. The summed E-state index contributed by atoms with van der Waals surface area (Å²) in [6.07, 6.45) is 5.51. The number of aromatic nitrogens is 1. The van der Waals surface area contributed by atoms with Crippen LogP contribution in [0.2, 0.25) is 0 Å². The maximum absolute atomic E-state index is 11.0. The van der Waals surface area contributed by atoms with E-state index in [1.54, 1.807) is 0 Å². The number of aliphatic carboxylic acids is 1. The predicted octanol–water partition coefficient (Wildman–Crippen LogP) is 3.03. The standard InChI is InChI=1S/C16H15NO3/c18-16(19)12-7-8-13-14(10-12)20-15(17-13)9-6-11-4-2-1-3-5-11/h1-6,9,12H,7-8,10H2,(H,18,19)/b9-6+. The number of hydrogen-bond acceptors (Lipinski definition) is 3. The molecule has 1 atom stereocenters. The maximum atomic E-state index is 11.0. The first-order valence-corrected chi connectivity index (χ1v) is 6.67. The Morgan fingerprint density at radius 3 is 2.85 bits per heavy atom. The van der Waals surface area contributed by atoms with Gasteiger partial charge < -0.3 is 9.52 Å². The minimum Gasteiger partial charge on any atom is -0.481 e. The number of carbonyl (C=O) groups is 1. The molecule has 0 fully saturated rings. The lowest BCUT2D eigenvalue weighted by Crippen LogP contribution is -2.21. The number of oxazole rings is 1. The molecule has 102 valence electrons. The zero-order chi connectivity index (χ0) is 13.9. The second-order valence-corrected chi connectivity index (χ2v) is 4.94. The molecule has 4 nitrogen and oxygen atoms in total. The Kier molecular flexibility index (Phi) is 3.37. The zero-order valence-corrected chi connectivity index (χ0v) is 11.0. The Morgan fingerprint density at radius 1 is 1.30 bits per heavy atom. The summed E-state index contributed by atoms with van der Waals surface area (Å²) in [6, 6.07) is 9.91. The monoisotopic (exact) mass is 269 g/mol. The van der Waals surface area contributed by atoms with Crippen molar-refractivity contribution in [3.63, 3.8) is 0 Å². The van der Waals surface area contributed by atoms with Gasteiger partial charge in [-0.05, 0) is 24.5 Å². The van der Waals surface area contributed by atoms with Crippen molar-refractivity contribution in [1.82, 2.24) is 4.98 Å². The molecule has 3 rings (SSSR count). The number of nitrogens with zero attached hydrogens (tertiary/aromatic N) is 1. The van der Waals surface area contributed by atoms with E-state index in [4.69, 9.17) is 9.52 Å². The second kappa shape index (κ2) is 5.33. The van der Waals surface area contributed by atoms with Crippen LogP contribution >= 0.6 is 0 Å². The minimum absolute atomic E-state index is 0.346. The van der Waals surface area contributed by atoms with E-state index in [-0.39, 0.29) is 5.92 Å². The molecule has 20 heavy (non-hydrogen) atoms. The molecule has 4 heteroatoms. The number of rotatable bonds is 3. The summed E-state index contributed by atoms with van der Waals surface area (Å²) < 4.78 is 5.65. The molecule has 0 bridgehead atoms. The summed E-state index contributed by atoms with van der Waals surface area (Å²) in [5, 5.41) is 9.05. The normalized spacial score (nSPS) is 18.1. The molecule has 0 saturated carbocycles. The summed E-state index contributed by atoms with van der Waals surface area (Å²) in [4.78, 5) is 15.4. The van der Waals surface area contributed by atoms with Crippen molar-refractivity contribution in [3.8, 4) is 0 Å². The number of carboxylic acids is 1. The van der Waals surface area contributed by atoms with Crippen molar-refractivity contribution in [2.75, 3.05) is 0 Å². The molecule has 1 aromatic carbocycles. The number of benzene rings is 1. The lowest BCUT2D eigenvalue weighted by Gasteiger charge is -2.15. The van der Waals surface area contributed by atoms with E-state index < -0.39 is 5.97 Å². The molecule has 0 amide bonds. The van der Waals surface area contributed by atoms with Crippen LogP contribution < -0.4 is 0 Å². The summed E-state index contributed by atoms with van der Waals surface area (Å²) >= 11 is 0. The van der Waals surface area contributed by atoms with Gasteiger partial charge >= 0.3 is 5.97 Å². The quantitative estimate of drug-likeness (QED) is 0.930. The first kappa shape index (κ1) is 12.7. The fourth-order valence-corrected chi connectivity index (χ4v) is 2.41. The highest BCUT2D eigenvalue weighted by molar-refractivity contribution is 5.71. The van der Waals surface area contributed by atoms with Gasteiger partial charge in [0.2, 0.25) is 5.89 Å². The van der Waals surface area contributed by atoms with Crippen molar-refractivity contribution >= 4 is 18.1 Å². The van der Waals surface area contributed by atoms with Crippen molar-refractivity contribution in [3.05, 3.63) is 53.2 Å². The van der Waals surface area contributed by atoms with Gasteiger partial charge in [0.05, 0.1) is 11.6 Å². The fourth-order valence-electron chi connectivity index (χ4n) is 2.41. The molecular weight excluding hydrogens is 254 g/mol. The van der Waals surface area contributed by atoms with Crippen LogP contribution in [0, 0.1) is 5.92 Å². The lowest BCUT2D eigenvalue weighted by atomic mass is 9.91. The lowest BCUT2D eigenvalue weighted by molar-refractivity contribution is -0.142. The molecule has 1 heterocycles. The topological polar surface area (TPSA) is 63.3 Å². The Bertz CT molecular complexity index is 643. The van der Waals surface area contributed by atoms with Gasteiger partial charge in [0, 0.05) is 12.5 Å². The average Bonchev–Trinajstić information content (AvgIpc) is 2.88. The zero-order valence-electron chi connectivity index (χ0n) is 11.0. The van der Waals surface area contributed by atoms with Gasteiger partial charge in [0.25, 0.3) is 0 Å². The molecule has 0 radical (unpaired) electrons. The van der Waals surface area contributed by atoms with E-state index in [2.05, 4.69) is 4.98 Å². The summed E-state index contributed by atoms with van der Waals surface area (Å²) in [5.74, 6) is 0.163. The van der Waals surface area contributed by atoms with Crippen LogP contribution in [-0.2, 0) is 17.6 Å². The van der Waals surface area contributed by atoms with Gasteiger partial charge in [0.15, 0.2) is 0 Å². The molecule has 0 spiro atoms. The molecule has 1 N–H and O–H groups in total. The van der Waals surface area contributed by atoms with Crippen LogP contribution in [0.1, 0.15) is 29.3 Å². The molecule has 2 aromatic rings. The van der Waals surface area contributed by atoms with Gasteiger partial charge in [-0.3, -0.25) is 4.79 Å². The average molecular weight is 269 g/mol. The fraction of sp³-hybridized carbons (Fsp3) is 0.250. The van der Waals surface area contributed by atoms with E-state index >= 15 is 0 Å². The molecule has 1 unspecified atom stereocenters. The van der Waals surface area contributed by atoms with Crippen LogP contribution in [-0.4, -0.2) is 16.1 Å². The van der Waals surface area contributed by atoms with Gasteiger partial charge in [-0.25, -0.2) is 4.98 Å². The number of carboxylic acid groups (broad SMARTS) is 1. The smallest absolute Gasteiger partial charge is 0.306 e. The summed E-state index contributed by atoms with van der Waals surface area (Å²) in [7, 11) is 0. The SMILES string of the molecule is O=C(O)C1CCc2nc(/C=C/c3ccccc3)oc2C1. The third kappa shape index (κ3) is 2.64. The summed E-state index contributed by atoms with van der Waals surface area (Å²) in [6.45, 7) is 0. The highest BCUT2D eigenvalue weighted by atomic mass is 16.4. The van der Waals surface area contributed by atoms with Crippen molar-refractivity contribution < 1.29 is 14.3 Å². The van der Waals surface area contributed by atoms with Crippen LogP contribution in [0.15, 0.2) is 34.7 Å². The largest absolute Gasteiger partial charge is 0.481 e. The minimum atomic E-state index is -0.756. The molecule has 0 aliphatic heterocycles. The Labute approximate surface area is 116 Å². The van der Waals surface area contributed by atoms with E-state index in [9.17, 15) is 4.79 Å². The Balaban J connectivity index is 1.77. The van der Waals surface area contributed by atoms with Crippen LogP contribution in [0.25, 0.3) is 12.2 Å². The first-order valence-electron chi connectivity index (χ1n) is 6.67. The van der Waals surface area contributed by atoms with Gasteiger partial charge in [-0.15, -0.1) is 0 Å². The highest BCUT2D eigenvalue weighted by Gasteiger charge is 2.28. The Morgan fingerprint density at radius 2 is 2.10 bits per heavy atom. The van der Waals surface area contributed by atoms with Crippen molar-refractivity contribution in [1.29, 1.82) is 0 Å². The van der Waals surface area contributed by atoms with Crippen LogP contribution in [0.5, 0.6) is 0 Å². The molecule has 1 aromatic heterocycles. The predicted molar refractivity (Wildman–Crippen MR) is 75.0 cm³/mol. The van der Waals surface area contributed by atoms with E-state index in [1.807, 2.05) is 42.5 Å². The third-order valence-electron chi connectivity index (χ3n) is 3.52. The van der Waals surface area contributed by atoms with E-state index in [0.717, 1.165) is 17.0 Å². The van der Waals surface area contributed by atoms with Gasteiger partial charge in [0.1, 0.15) is 5.76 Å². The van der Waals surface area contributed by atoms with E-state index in [0.29, 0.717) is 25.2 Å². The van der Waals surface area contributed by atoms with Gasteiger partial charge in [-0.1, -0.05) is 30.3 Å². The second-order valence-electron chi connectivity index (χ2n) is 4.94. The Hall–Kier alpha value is -2.36. The van der Waals surface area contributed by atoms with Gasteiger partial charge in [-0.2, -0.15) is 0 Å².